The molecule has 11 nitrogen and oxygen atoms in total. The van der Waals surface area contributed by atoms with Crippen molar-refractivity contribution in [2.45, 2.75) is 18.9 Å². The maximum absolute atomic E-state index is 13.3. The van der Waals surface area contributed by atoms with E-state index in [0.717, 1.165) is 21.7 Å². The van der Waals surface area contributed by atoms with Gasteiger partial charge < -0.3 is 19.6 Å². The highest BCUT2D eigenvalue weighted by Crippen LogP contribution is 2.32. The van der Waals surface area contributed by atoms with Crippen LogP contribution in [0.1, 0.15) is 29.2 Å². The van der Waals surface area contributed by atoms with Crippen molar-refractivity contribution in [3.63, 3.8) is 0 Å². The van der Waals surface area contributed by atoms with E-state index in [0.29, 0.717) is 75.0 Å². The molecular weight excluding hydrogens is 529 g/mol. The van der Waals surface area contributed by atoms with E-state index in [4.69, 9.17) is 19.8 Å². The third-order valence-corrected chi connectivity index (χ3v) is 7.73. The second-order valence-corrected chi connectivity index (χ2v) is 10.2. The number of morpholine rings is 1. The molecule has 2 saturated heterocycles. The Bertz CT molecular complexity index is 1560. The number of benzene rings is 2. The fourth-order valence-corrected chi connectivity index (χ4v) is 5.36. The Morgan fingerprint density at radius 1 is 0.976 bits per heavy atom. The first-order chi connectivity index (χ1) is 19.9. The fraction of sp³-hybridized carbons (Fsp3) is 0.345. The summed E-state index contributed by atoms with van der Waals surface area (Å²) in [5, 5.41) is 14.9. The molecule has 41 heavy (non-hydrogen) atoms. The molecule has 4 heterocycles. The molecule has 0 aliphatic carbocycles. The van der Waals surface area contributed by atoms with Crippen molar-refractivity contribution in [3.05, 3.63) is 66.1 Å². The molecule has 6 rings (SSSR count). The van der Waals surface area contributed by atoms with Crippen LogP contribution in [0, 0.1) is 5.82 Å². The molecule has 1 N–H and O–H groups in total. The highest BCUT2D eigenvalue weighted by Gasteiger charge is 2.28. The van der Waals surface area contributed by atoms with Crippen LogP contribution in [-0.4, -0.2) is 88.2 Å². The van der Waals surface area contributed by atoms with E-state index in [1.807, 2.05) is 23.0 Å². The molecule has 0 unspecified atom stereocenters. The van der Waals surface area contributed by atoms with Crippen LogP contribution in [0.15, 0.2) is 54.7 Å². The quantitative estimate of drug-likeness (QED) is 0.389. The van der Waals surface area contributed by atoms with Gasteiger partial charge in [0.2, 0.25) is 0 Å². The topological polar surface area (TPSA) is 117 Å². The van der Waals surface area contributed by atoms with Gasteiger partial charge in [0.1, 0.15) is 11.6 Å². The summed E-state index contributed by atoms with van der Waals surface area (Å²) < 4.78 is 20.8. The number of aromatic nitrogens is 4. The molecule has 2 aliphatic rings. The molecule has 0 spiro atoms. The monoisotopic (exact) mass is 559 g/mol. The zero-order valence-electron chi connectivity index (χ0n) is 22.6. The van der Waals surface area contributed by atoms with Crippen LogP contribution in [0.4, 0.5) is 20.7 Å². The van der Waals surface area contributed by atoms with Crippen LogP contribution >= 0.6 is 0 Å². The molecular formula is C29H30FN7O4. The van der Waals surface area contributed by atoms with Gasteiger partial charge in [-0.2, -0.15) is 5.10 Å². The average molecular weight is 560 g/mol. The minimum Gasteiger partial charge on any atom is -0.465 e. The fourth-order valence-electron chi connectivity index (χ4n) is 5.36. The van der Waals surface area contributed by atoms with E-state index < -0.39 is 6.09 Å². The Hall–Kier alpha value is -4.58. The van der Waals surface area contributed by atoms with Crippen LogP contribution in [-0.2, 0) is 4.74 Å². The maximum Gasteiger partial charge on any atom is 0.411 e. The SMILES string of the molecule is CN(C(=O)O)c1ccc(-c2nc(N3CCOCC3)c3cnn(C4CCN(C(=O)c5ccc(F)cc5)CC4)c3n2)cc1. The minimum absolute atomic E-state index is 0.0386. The van der Waals surface area contributed by atoms with Gasteiger partial charge in [-0.3, -0.25) is 9.69 Å². The first-order valence-corrected chi connectivity index (χ1v) is 13.6. The number of rotatable bonds is 5. The van der Waals surface area contributed by atoms with E-state index in [-0.39, 0.29) is 17.8 Å². The summed E-state index contributed by atoms with van der Waals surface area (Å²) >= 11 is 0. The van der Waals surface area contributed by atoms with Gasteiger partial charge in [-0.15, -0.1) is 0 Å². The Morgan fingerprint density at radius 3 is 2.32 bits per heavy atom. The van der Waals surface area contributed by atoms with Gasteiger partial charge in [0.05, 0.1) is 30.8 Å². The first kappa shape index (κ1) is 26.6. The number of hydrogen-bond donors (Lipinski definition) is 1. The number of ether oxygens (including phenoxy) is 1. The Morgan fingerprint density at radius 2 is 1.66 bits per heavy atom. The second-order valence-electron chi connectivity index (χ2n) is 10.2. The highest BCUT2D eigenvalue weighted by atomic mass is 19.1. The molecule has 0 atom stereocenters. The average Bonchev–Trinajstić information content (AvgIpc) is 3.45. The zero-order chi connectivity index (χ0) is 28.5. The van der Waals surface area contributed by atoms with Crippen LogP contribution in [0.25, 0.3) is 22.4 Å². The Labute approximate surface area is 235 Å². The number of carbonyl (C=O) groups excluding carboxylic acids is 1. The van der Waals surface area contributed by atoms with E-state index in [9.17, 15) is 19.1 Å². The largest absolute Gasteiger partial charge is 0.465 e. The Balaban J connectivity index is 1.30. The van der Waals surface area contributed by atoms with Crippen LogP contribution < -0.4 is 9.80 Å². The van der Waals surface area contributed by atoms with Gasteiger partial charge in [0, 0.05) is 50.0 Å². The van der Waals surface area contributed by atoms with Gasteiger partial charge in [-0.25, -0.2) is 23.8 Å². The van der Waals surface area contributed by atoms with Crippen LogP contribution in [0.5, 0.6) is 0 Å². The van der Waals surface area contributed by atoms with Crippen molar-refractivity contribution >= 4 is 34.5 Å². The first-order valence-electron chi connectivity index (χ1n) is 13.6. The summed E-state index contributed by atoms with van der Waals surface area (Å²) in [6, 6.07) is 12.8. The zero-order valence-corrected chi connectivity index (χ0v) is 22.6. The lowest BCUT2D eigenvalue weighted by molar-refractivity contribution is 0.0691. The number of likely N-dealkylation sites (tertiary alicyclic amines) is 1. The smallest absolute Gasteiger partial charge is 0.411 e. The lowest BCUT2D eigenvalue weighted by atomic mass is 10.0. The van der Waals surface area contributed by atoms with Crippen molar-refractivity contribution in [3.8, 4) is 11.4 Å². The molecule has 0 radical (unpaired) electrons. The summed E-state index contributed by atoms with van der Waals surface area (Å²) in [6.07, 6.45) is 2.17. The predicted octanol–water partition coefficient (Wildman–Crippen LogP) is 4.06. The number of piperidine rings is 1. The summed E-state index contributed by atoms with van der Waals surface area (Å²) in [7, 11) is 1.49. The molecule has 2 aromatic carbocycles. The maximum atomic E-state index is 13.3. The van der Waals surface area contributed by atoms with Crippen molar-refractivity contribution in [2.24, 2.45) is 0 Å². The molecule has 2 aliphatic heterocycles. The number of fused-ring (bicyclic) bond motifs is 1. The summed E-state index contributed by atoms with van der Waals surface area (Å²) in [6.45, 7) is 3.70. The van der Waals surface area contributed by atoms with Gasteiger partial charge >= 0.3 is 6.09 Å². The summed E-state index contributed by atoms with van der Waals surface area (Å²) in [4.78, 5) is 39.3. The summed E-state index contributed by atoms with van der Waals surface area (Å²) in [5.41, 5.74) is 2.49. The number of hydrogen-bond acceptors (Lipinski definition) is 7. The van der Waals surface area contributed by atoms with Gasteiger partial charge in [-0.1, -0.05) is 0 Å². The lowest BCUT2D eigenvalue weighted by Gasteiger charge is -2.32. The third-order valence-electron chi connectivity index (χ3n) is 7.73. The number of halogens is 1. The standard InChI is InChI=1S/C29H30FN7O4/c1-34(29(39)40)22-8-4-19(5-9-22)25-32-26(35-14-16-41-17-15-35)24-18-31-37(27(24)33-25)23-10-12-36(13-11-23)28(38)20-2-6-21(30)7-3-20/h2-9,18,23H,10-17H2,1H3,(H,39,40). The number of carbonyl (C=O) groups is 2. The number of nitrogens with zero attached hydrogens (tertiary/aromatic N) is 7. The molecule has 12 heteroatoms. The normalized spacial score (nSPS) is 16.2. The molecule has 0 saturated carbocycles. The van der Waals surface area contributed by atoms with Crippen molar-refractivity contribution < 1.29 is 23.8 Å². The predicted molar refractivity (Wildman–Crippen MR) is 151 cm³/mol. The number of anilines is 2. The van der Waals surface area contributed by atoms with Crippen LogP contribution in [0.2, 0.25) is 0 Å². The molecule has 2 aromatic heterocycles. The highest BCUT2D eigenvalue weighted by molar-refractivity contribution is 5.94. The van der Waals surface area contributed by atoms with E-state index >= 15 is 0 Å². The summed E-state index contributed by atoms with van der Waals surface area (Å²) in [5.74, 6) is 0.835. The third kappa shape index (κ3) is 5.30. The van der Waals surface area contributed by atoms with Crippen molar-refractivity contribution in [1.29, 1.82) is 0 Å². The van der Waals surface area contributed by atoms with Crippen molar-refractivity contribution in [1.82, 2.24) is 24.6 Å². The molecule has 2 amide bonds. The Kier molecular flexibility index (Phi) is 7.23. The van der Waals surface area contributed by atoms with Gasteiger partial charge in [0.15, 0.2) is 11.5 Å². The van der Waals surface area contributed by atoms with Crippen molar-refractivity contribution in [2.75, 3.05) is 56.2 Å². The number of carboxylic acid groups (broad SMARTS) is 1. The minimum atomic E-state index is -1.04. The lowest BCUT2D eigenvalue weighted by Crippen LogP contribution is -2.39. The number of amides is 2. The molecule has 0 bridgehead atoms. The van der Waals surface area contributed by atoms with E-state index in [1.54, 1.807) is 17.0 Å². The molecule has 212 valence electrons. The second kappa shape index (κ2) is 11.1. The van der Waals surface area contributed by atoms with Gasteiger partial charge in [-0.05, 0) is 61.4 Å². The van der Waals surface area contributed by atoms with Crippen LogP contribution in [0.3, 0.4) is 0 Å². The molecule has 2 fully saturated rings. The van der Waals surface area contributed by atoms with Gasteiger partial charge in [0.25, 0.3) is 5.91 Å². The van der Waals surface area contributed by atoms with E-state index in [2.05, 4.69) is 4.90 Å². The molecule has 4 aromatic rings. The van der Waals surface area contributed by atoms with E-state index in [1.165, 1.54) is 31.3 Å².